The molecular weight excluding hydrogens is 1600 g/mol. The van der Waals surface area contributed by atoms with Gasteiger partial charge in [-0.15, -0.1) is 0 Å². The van der Waals surface area contributed by atoms with Crippen molar-refractivity contribution >= 4 is 86.9 Å². The molecule has 0 bridgehead atoms. The van der Waals surface area contributed by atoms with Gasteiger partial charge < -0.3 is 13.7 Å². The number of hydrogen-bond acceptors (Lipinski definition) is 6. The zero-order chi connectivity index (χ0) is 83.1. The summed E-state index contributed by atoms with van der Waals surface area (Å²) in [6.45, 7) is 0. The predicted octanol–water partition coefficient (Wildman–Crippen LogP) is 30.9. The van der Waals surface area contributed by atoms with E-state index in [-0.39, 0.29) is 24.8 Å². The van der Waals surface area contributed by atoms with Crippen LogP contribution in [-0.2, 0) is 6.42 Å². The molecule has 0 saturated carbocycles. The molecule has 612 valence electrons. The Kier molecular flexibility index (Phi) is 22.8. The zero-order valence-corrected chi connectivity index (χ0v) is 70.7. The topological polar surface area (TPSA) is 92.1 Å². The first-order valence-corrected chi connectivity index (χ1v) is 42.5. The minimum Gasteiger partial charge on any atom is -0.309 e. The molecule has 0 radical (unpaired) electrons. The average Bonchev–Trinajstić information content (AvgIpc) is 1.60. The van der Waals surface area contributed by atoms with Crippen LogP contribution in [0.4, 0.5) is 0 Å². The van der Waals surface area contributed by atoms with E-state index in [1.807, 2.05) is 140 Å². The highest BCUT2D eigenvalue weighted by Crippen LogP contribution is 2.43. The van der Waals surface area contributed by atoms with Gasteiger partial charge in [-0.05, 0) is 182 Å². The molecule has 0 amide bonds. The maximum Gasteiger partial charge on any atom is 0.164 e. The molecule has 0 spiro atoms. The molecule has 5 aromatic heterocycles. The van der Waals surface area contributed by atoms with Crippen LogP contribution in [0, 0.1) is 0 Å². The van der Waals surface area contributed by atoms with Gasteiger partial charge in [0, 0.05) is 87.8 Å². The van der Waals surface area contributed by atoms with Crippen LogP contribution in [0.15, 0.2) is 449 Å². The fraction of sp³-hybridized carbons (Fsp3) is 0.0256. The zero-order valence-electron chi connectivity index (χ0n) is 68.5. The number of halogens is 1. The first kappa shape index (κ1) is 81.7. The summed E-state index contributed by atoms with van der Waals surface area (Å²) in [5.74, 6) is 3.94. The van der Waals surface area contributed by atoms with E-state index in [2.05, 4.69) is 323 Å². The summed E-state index contributed by atoms with van der Waals surface area (Å²) in [6.07, 6.45) is 0.980. The molecule has 0 fully saturated rings. The van der Waals surface area contributed by atoms with Gasteiger partial charge in [0.2, 0.25) is 0 Å². The van der Waals surface area contributed by atoms with E-state index in [4.69, 9.17) is 41.5 Å². The maximum atomic E-state index is 6.19. The summed E-state index contributed by atoms with van der Waals surface area (Å²) in [5, 5.41) is 8.17. The molecule has 0 aliphatic heterocycles. The van der Waals surface area contributed by atoms with Crippen LogP contribution >= 0.6 is 21.5 Å². The lowest BCUT2D eigenvalue weighted by molar-refractivity contribution is 1.07. The third-order valence-corrected chi connectivity index (χ3v) is 24.0. The van der Waals surface area contributed by atoms with Crippen molar-refractivity contribution in [3.05, 3.63) is 465 Å². The maximum absolute atomic E-state index is 6.19. The number of nitrogens with zero attached hydrogens (tertiary/aromatic N) is 9. The first-order valence-electron chi connectivity index (χ1n) is 42.1. The van der Waals surface area contributed by atoms with Crippen molar-refractivity contribution < 1.29 is 0 Å². The lowest BCUT2D eigenvalue weighted by Crippen LogP contribution is -2.00. The van der Waals surface area contributed by atoms with E-state index in [1.165, 1.54) is 105 Å². The summed E-state index contributed by atoms with van der Waals surface area (Å²) in [7, 11) is 0. The summed E-state index contributed by atoms with van der Waals surface area (Å²) >= 11 is 6.19. The third-order valence-electron chi connectivity index (χ3n) is 23.7. The number of fused-ring (bicyclic) bond motifs is 12. The van der Waals surface area contributed by atoms with Gasteiger partial charge in [-0.25, -0.2) is 29.9 Å². The fourth-order valence-electron chi connectivity index (χ4n) is 17.8. The molecule has 0 saturated heterocycles. The Bertz CT molecular complexity index is 7900. The van der Waals surface area contributed by atoms with Crippen LogP contribution in [0.2, 0.25) is 5.02 Å². The lowest BCUT2D eigenvalue weighted by atomic mass is 9.98. The highest BCUT2D eigenvalue weighted by Gasteiger charge is 2.23. The third kappa shape index (κ3) is 15.8. The summed E-state index contributed by atoms with van der Waals surface area (Å²) < 4.78 is 7.10. The minimum absolute atomic E-state index is 0. The first-order chi connectivity index (χ1) is 61.9. The van der Waals surface area contributed by atoms with Crippen LogP contribution in [0.25, 0.3) is 206 Å². The van der Waals surface area contributed by atoms with E-state index in [0.29, 0.717) is 34.9 Å². The van der Waals surface area contributed by atoms with Gasteiger partial charge in [-0.3, -0.25) is 0 Å². The smallest absolute Gasteiger partial charge is 0.164 e. The van der Waals surface area contributed by atoms with Gasteiger partial charge in [0.15, 0.2) is 34.9 Å². The van der Waals surface area contributed by atoms with Crippen molar-refractivity contribution in [2.24, 2.45) is 0 Å². The van der Waals surface area contributed by atoms with E-state index in [0.717, 1.165) is 89.5 Å². The van der Waals surface area contributed by atoms with Gasteiger partial charge in [-0.1, -0.05) is 366 Å². The van der Waals surface area contributed by atoms with Crippen molar-refractivity contribution in [2.45, 2.75) is 21.3 Å². The molecule has 128 heavy (non-hydrogen) atoms. The standard InChI is InChI=1S/C57H37N5.C34H23N3.C24H16ClN.2CH4.H3P/c1-4-16-38(17-5-1)55-58-56(39-18-6-2-7-19-39)60-57(59-55)44-22-14-20-40(34-44)43-30-32-49-47-26-10-12-28-51(47)62(54(49)37-43)46-25-15-21-41(35-46)42-31-33-53-50(36-42)48-27-11-13-29-52(48)61(53)45-23-8-3-9-24-45;1-3-10-23(11-4-1)32-35-33(24-12-5-2-6-13-24)37-34(36-32)28-16-9-15-25(20-28)26-18-19-31-29(21-26)22-27-14-7-8-17-30(27)31;25-19-8-6-7-17(15-19)18-13-14-24-22(16-18)21-11-4-5-12-23(21)26(24)20-9-2-1-3-10-20;;;/h1-37H;1-21H,22H2;1-16H;2*1H4;1H3. The Morgan fingerprint density at radius 3 is 0.930 bits per heavy atom. The Morgan fingerprint density at radius 1 is 0.180 bits per heavy atom. The van der Waals surface area contributed by atoms with Crippen LogP contribution in [-0.4, -0.2) is 43.6 Å². The average molecular weight is 1690 g/mol. The van der Waals surface area contributed by atoms with Crippen molar-refractivity contribution in [2.75, 3.05) is 0 Å². The highest BCUT2D eigenvalue weighted by atomic mass is 35.5. The second-order valence-corrected chi connectivity index (χ2v) is 31.9. The molecule has 1 aliphatic rings. The van der Waals surface area contributed by atoms with Gasteiger partial charge in [-0.2, -0.15) is 9.90 Å². The van der Waals surface area contributed by atoms with Crippen molar-refractivity contribution in [3.8, 4) is 141 Å². The Balaban J connectivity index is 0.000000137. The molecule has 0 N–H and O–H groups in total. The highest BCUT2D eigenvalue weighted by molar-refractivity contribution is 6.92. The van der Waals surface area contributed by atoms with E-state index < -0.39 is 0 Å². The van der Waals surface area contributed by atoms with Gasteiger partial charge in [0.1, 0.15) is 0 Å². The molecule has 5 heterocycles. The largest absolute Gasteiger partial charge is 0.309 e. The molecule has 9 nitrogen and oxygen atoms in total. The van der Waals surface area contributed by atoms with E-state index in [1.54, 1.807) is 0 Å². The van der Waals surface area contributed by atoms with E-state index >= 15 is 0 Å². The summed E-state index contributed by atoms with van der Waals surface area (Å²) in [4.78, 5) is 29.6. The number of rotatable bonds is 13. The number of para-hydroxylation sites is 5. The van der Waals surface area contributed by atoms with Crippen LogP contribution in [0.3, 0.4) is 0 Å². The second kappa shape index (κ2) is 35.7. The number of hydrogen-bond donors (Lipinski definition) is 0. The minimum atomic E-state index is 0. The Hall–Kier alpha value is -15.9. The fourth-order valence-corrected chi connectivity index (χ4v) is 18.0. The monoisotopic (exact) mass is 1680 g/mol. The van der Waals surface area contributed by atoms with Gasteiger partial charge >= 0.3 is 0 Å². The lowest BCUT2D eigenvalue weighted by Gasteiger charge is -2.12. The summed E-state index contributed by atoms with van der Waals surface area (Å²) in [5.41, 5.74) is 31.0. The van der Waals surface area contributed by atoms with Gasteiger partial charge in [0.25, 0.3) is 0 Å². The Morgan fingerprint density at radius 2 is 0.469 bits per heavy atom. The quantitative estimate of drug-likeness (QED) is 0.107. The van der Waals surface area contributed by atoms with Crippen molar-refractivity contribution in [3.63, 3.8) is 0 Å². The molecule has 1 aliphatic carbocycles. The molecule has 23 aromatic rings. The second-order valence-electron chi connectivity index (χ2n) is 31.4. The molecule has 1 atom stereocenters. The predicted molar refractivity (Wildman–Crippen MR) is 541 cm³/mol. The number of benzene rings is 18. The van der Waals surface area contributed by atoms with E-state index in [9.17, 15) is 0 Å². The SMILES string of the molecule is C.C.Clc1cccc(-c2ccc3c(c2)c2ccccc2n3-c2ccccc2)c1.P.c1ccc(-c2nc(-c3ccccc3)nc(-c3cccc(-c4ccc5c(c4)Cc4ccccc4-5)c3)n2)cc1.c1ccc(-c2nc(-c3ccccc3)nc(-c3cccc(-c4ccc5c6ccccc6n(-c6cccc(-c7ccc8c(c7)c7ccccc7n8-c7ccccc7)c6)c5c4)c3)n2)cc1. The normalized spacial score (nSPS) is 11.3. The van der Waals surface area contributed by atoms with Crippen LogP contribution in [0.1, 0.15) is 26.0 Å². The van der Waals surface area contributed by atoms with Gasteiger partial charge in [0.05, 0.1) is 33.1 Å². The van der Waals surface area contributed by atoms with Crippen molar-refractivity contribution in [1.29, 1.82) is 0 Å². The molecule has 11 heteroatoms. The Labute approximate surface area is 752 Å². The summed E-state index contributed by atoms with van der Waals surface area (Å²) in [6, 6.07) is 157. The molecular formula is C117H87ClN9P. The number of aromatic nitrogens is 9. The van der Waals surface area contributed by atoms with Crippen LogP contribution in [0.5, 0.6) is 0 Å². The van der Waals surface area contributed by atoms with Crippen LogP contribution < -0.4 is 0 Å². The molecule has 1 unspecified atom stereocenters. The molecule has 18 aromatic carbocycles. The van der Waals surface area contributed by atoms with Crippen molar-refractivity contribution in [1.82, 2.24) is 43.6 Å². The molecule has 24 rings (SSSR count).